The third-order valence-corrected chi connectivity index (χ3v) is 4.77. The molecule has 0 atom stereocenters. The number of guanidine groups is 1. The van der Waals surface area contributed by atoms with Gasteiger partial charge in [-0.2, -0.15) is 13.9 Å². The van der Waals surface area contributed by atoms with Crippen LogP contribution in [0.25, 0.3) is 0 Å². The fourth-order valence-electron chi connectivity index (χ4n) is 3.19. The topological polar surface area (TPSA) is 81.9 Å². The number of benzene rings is 1. The van der Waals surface area contributed by atoms with Gasteiger partial charge in [-0.15, -0.1) is 24.0 Å². The molecule has 30 heavy (non-hydrogen) atoms. The first-order valence-electron chi connectivity index (χ1n) is 9.20. The molecule has 2 N–H and O–H groups in total. The van der Waals surface area contributed by atoms with Crippen LogP contribution in [0.5, 0.6) is 17.2 Å². The summed E-state index contributed by atoms with van der Waals surface area (Å²) in [5, 5.41) is 10.7. The van der Waals surface area contributed by atoms with E-state index in [4.69, 9.17) is 9.47 Å². The standard InChI is InChI=1S/C19H25F2N5O3.HI/c1-11-14(12(2)26(4)25-11)5-6-23-19(22-3)24-9-13-7-16-17(28-10-27-16)8-15(13)29-18(20)21;/h7-8,18H,5-6,9-10H2,1-4H3,(H2,22,23,24);1H. The molecule has 3 rings (SSSR count). The lowest BCUT2D eigenvalue weighted by atomic mass is 10.1. The molecule has 0 saturated carbocycles. The van der Waals surface area contributed by atoms with E-state index in [9.17, 15) is 8.78 Å². The van der Waals surface area contributed by atoms with Gasteiger partial charge in [0.1, 0.15) is 5.75 Å². The van der Waals surface area contributed by atoms with Gasteiger partial charge in [-0.3, -0.25) is 9.67 Å². The maximum atomic E-state index is 12.8. The van der Waals surface area contributed by atoms with E-state index in [2.05, 4.69) is 25.5 Å². The second-order valence-corrected chi connectivity index (χ2v) is 6.57. The largest absolute Gasteiger partial charge is 0.454 e. The molecule has 166 valence electrons. The van der Waals surface area contributed by atoms with Crippen LogP contribution < -0.4 is 24.8 Å². The van der Waals surface area contributed by atoms with Crippen molar-refractivity contribution in [2.75, 3.05) is 20.4 Å². The minimum atomic E-state index is -2.93. The quantitative estimate of drug-likeness (QED) is 0.321. The zero-order valence-electron chi connectivity index (χ0n) is 17.3. The van der Waals surface area contributed by atoms with E-state index in [1.165, 1.54) is 11.6 Å². The number of halogens is 3. The second-order valence-electron chi connectivity index (χ2n) is 6.57. The molecule has 8 nitrogen and oxygen atoms in total. The minimum Gasteiger partial charge on any atom is -0.454 e. The van der Waals surface area contributed by atoms with Gasteiger partial charge < -0.3 is 24.8 Å². The van der Waals surface area contributed by atoms with Gasteiger partial charge in [-0.25, -0.2) is 0 Å². The third-order valence-electron chi connectivity index (χ3n) is 4.77. The van der Waals surface area contributed by atoms with Crippen LogP contribution in [0.15, 0.2) is 17.1 Å². The third kappa shape index (κ3) is 5.64. The first-order valence-corrected chi connectivity index (χ1v) is 9.20. The van der Waals surface area contributed by atoms with Crippen LogP contribution in [0.2, 0.25) is 0 Å². The van der Waals surface area contributed by atoms with Gasteiger partial charge in [0.05, 0.1) is 5.69 Å². The summed E-state index contributed by atoms with van der Waals surface area (Å²) < 4.78 is 42.5. The summed E-state index contributed by atoms with van der Waals surface area (Å²) >= 11 is 0. The Hall–Kier alpha value is -2.31. The number of aryl methyl sites for hydroxylation is 2. The van der Waals surface area contributed by atoms with E-state index in [0.717, 1.165) is 17.8 Å². The Balaban J connectivity index is 0.00000320. The number of fused-ring (bicyclic) bond motifs is 1. The van der Waals surface area contributed by atoms with Gasteiger partial charge >= 0.3 is 6.61 Å². The Morgan fingerprint density at radius 3 is 2.57 bits per heavy atom. The molecule has 0 saturated heterocycles. The lowest BCUT2D eigenvalue weighted by Gasteiger charge is -2.15. The highest BCUT2D eigenvalue weighted by Gasteiger charge is 2.20. The van der Waals surface area contributed by atoms with Crippen LogP contribution >= 0.6 is 24.0 Å². The number of hydrogen-bond donors (Lipinski definition) is 2. The number of nitrogens with one attached hydrogen (secondary N) is 2. The molecule has 1 aliphatic heterocycles. The monoisotopic (exact) mass is 537 g/mol. The van der Waals surface area contributed by atoms with E-state index >= 15 is 0 Å². The van der Waals surface area contributed by atoms with Gasteiger partial charge in [0.25, 0.3) is 0 Å². The van der Waals surface area contributed by atoms with Crippen molar-refractivity contribution in [1.82, 2.24) is 20.4 Å². The molecule has 1 aromatic heterocycles. The van der Waals surface area contributed by atoms with Crippen molar-refractivity contribution in [3.63, 3.8) is 0 Å². The highest BCUT2D eigenvalue weighted by Crippen LogP contribution is 2.38. The summed E-state index contributed by atoms with van der Waals surface area (Å²) in [7, 11) is 3.57. The average Bonchev–Trinajstić information content (AvgIpc) is 3.22. The molecule has 0 aliphatic carbocycles. The molecule has 2 heterocycles. The van der Waals surface area contributed by atoms with Crippen molar-refractivity contribution < 1.29 is 23.0 Å². The predicted octanol–water partition coefficient (Wildman–Crippen LogP) is 2.89. The highest BCUT2D eigenvalue weighted by molar-refractivity contribution is 14.0. The summed E-state index contributed by atoms with van der Waals surface area (Å²) in [6, 6.07) is 3.04. The molecular weight excluding hydrogens is 511 g/mol. The van der Waals surface area contributed by atoms with Crippen LogP contribution in [0, 0.1) is 13.8 Å². The molecule has 0 radical (unpaired) electrons. The lowest BCUT2D eigenvalue weighted by Crippen LogP contribution is -2.38. The molecule has 11 heteroatoms. The zero-order chi connectivity index (χ0) is 21.0. The van der Waals surface area contributed by atoms with E-state index in [-0.39, 0.29) is 43.1 Å². The van der Waals surface area contributed by atoms with Gasteiger partial charge in [-0.05, 0) is 31.9 Å². The molecular formula is C19H26F2IN5O3. The average molecular weight is 537 g/mol. The van der Waals surface area contributed by atoms with Gasteiger partial charge in [-0.1, -0.05) is 0 Å². The molecule has 0 unspecified atom stereocenters. The zero-order valence-corrected chi connectivity index (χ0v) is 19.6. The van der Waals surface area contributed by atoms with Crippen LogP contribution in [0.3, 0.4) is 0 Å². The summed E-state index contributed by atoms with van der Waals surface area (Å²) in [5.41, 5.74) is 3.83. The Morgan fingerprint density at radius 1 is 1.27 bits per heavy atom. The molecule has 0 bridgehead atoms. The van der Waals surface area contributed by atoms with Crippen molar-refractivity contribution in [2.45, 2.75) is 33.4 Å². The summed E-state index contributed by atoms with van der Waals surface area (Å²) in [6.07, 6.45) is 0.788. The highest BCUT2D eigenvalue weighted by atomic mass is 127. The lowest BCUT2D eigenvalue weighted by molar-refractivity contribution is -0.0505. The van der Waals surface area contributed by atoms with Gasteiger partial charge in [0, 0.05) is 44.5 Å². The van der Waals surface area contributed by atoms with Crippen molar-refractivity contribution in [1.29, 1.82) is 0 Å². The molecule has 1 aromatic carbocycles. The Bertz CT molecular complexity index is 905. The Kier molecular flexibility index (Phi) is 8.50. The Morgan fingerprint density at radius 2 is 1.97 bits per heavy atom. The molecule has 0 fully saturated rings. The van der Waals surface area contributed by atoms with E-state index in [1.807, 2.05) is 25.6 Å². The number of nitrogens with zero attached hydrogens (tertiary/aromatic N) is 3. The van der Waals surface area contributed by atoms with Gasteiger partial charge in [0.15, 0.2) is 17.5 Å². The number of rotatable bonds is 7. The molecule has 0 spiro atoms. The smallest absolute Gasteiger partial charge is 0.387 e. The molecule has 1 aliphatic rings. The van der Waals surface area contributed by atoms with Crippen molar-refractivity contribution in [3.8, 4) is 17.2 Å². The van der Waals surface area contributed by atoms with Gasteiger partial charge in [0.2, 0.25) is 6.79 Å². The van der Waals surface area contributed by atoms with Crippen molar-refractivity contribution in [3.05, 3.63) is 34.6 Å². The second kappa shape index (κ2) is 10.6. The first-order chi connectivity index (χ1) is 13.9. The summed E-state index contributed by atoms with van der Waals surface area (Å²) in [4.78, 5) is 4.18. The SMILES string of the molecule is CN=C(NCCc1c(C)nn(C)c1C)NCc1cc2c(cc1OC(F)F)OCO2.I. The summed E-state index contributed by atoms with van der Waals surface area (Å²) in [5.74, 6) is 1.46. The van der Waals surface area contributed by atoms with E-state index in [1.54, 1.807) is 13.1 Å². The van der Waals surface area contributed by atoms with E-state index in [0.29, 0.717) is 29.6 Å². The molecule has 2 aromatic rings. The van der Waals surface area contributed by atoms with Crippen LogP contribution in [-0.4, -0.2) is 42.7 Å². The van der Waals surface area contributed by atoms with Crippen LogP contribution in [-0.2, 0) is 20.0 Å². The van der Waals surface area contributed by atoms with Crippen molar-refractivity contribution in [2.24, 2.45) is 12.0 Å². The normalized spacial score (nSPS) is 12.7. The first kappa shape index (κ1) is 24.0. The minimum absolute atomic E-state index is 0. The number of hydrogen-bond acceptors (Lipinski definition) is 5. The summed E-state index contributed by atoms with van der Waals surface area (Å²) in [6.45, 7) is 2.01. The fraction of sp³-hybridized carbons (Fsp3) is 0.474. The van der Waals surface area contributed by atoms with Crippen LogP contribution in [0.1, 0.15) is 22.5 Å². The number of aromatic nitrogens is 2. The number of alkyl halides is 2. The molecule has 0 amide bonds. The number of aliphatic imine (C=N–C) groups is 1. The predicted molar refractivity (Wildman–Crippen MR) is 119 cm³/mol. The van der Waals surface area contributed by atoms with E-state index < -0.39 is 6.61 Å². The maximum absolute atomic E-state index is 12.8. The maximum Gasteiger partial charge on any atom is 0.387 e. The van der Waals surface area contributed by atoms with Crippen LogP contribution in [0.4, 0.5) is 8.78 Å². The Labute approximate surface area is 191 Å². The number of ether oxygens (including phenoxy) is 3. The fourth-order valence-corrected chi connectivity index (χ4v) is 3.19. The van der Waals surface area contributed by atoms with Crippen molar-refractivity contribution >= 4 is 29.9 Å².